The summed E-state index contributed by atoms with van der Waals surface area (Å²) in [4.78, 5) is 25.1. The Bertz CT molecular complexity index is 551. The van der Waals surface area contributed by atoms with Crippen LogP contribution in [0.4, 0.5) is 4.79 Å². The van der Waals surface area contributed by atoms with Gasteiger partial charge < -0.3 is 20.7 Å². The van der Waals surface area contributed by atoms with Gasteiger partial charge >= 0.3 is 6.09 Å². The van der Waals surface area contributed by atoms with Crippen LogP contribution in [-0.2, 0) is 11.3 Å². The van der Waals surface area contributed by atoms with Crippen molar-refractivity contribution in [3.05, 3.63) is 48.0 Å². The molecule has 124 valence electrons. The fourth-order valence-electron chi connectivity index (χ4n) is 2.62. The third kappa shape index (κ3) is 4.82. The highest BCUT2D eigenvalue weighted by Gasteiger charge is 2.25. The predicted octanol–water partition coefficient (Wildman–Crippen LogP) is 1.66. The summed E-state index contributed by atoms with van der Waals surface area (Å²) in [6.45, 7) is 6.16. The van der Waals surface area contributed by atoms with E-state index < -0.39 is 5.91 Å². The molecule has 1 aliphatic rings. The summed E-state index contributed by atoms with van der Waals surface area (Å²) in [5.41, 5.74) is 6.44. The number of hydrogen-bond acceptors (Lipinski definition) is 4. The number of amides is 2. The number of primary amides is 1. The van der Waals surface area contributed by atoms with Gasteiger partial charge in [-0.15, -0.1) is 6.58 Å². The molecule has 6 heteroatoms. The van der Waals surface area contributed by atoms with Crippen LogP contribution in [0.5, 0.6) is 0 Å². The number of hydrogen-bond donors (Lipinski definition) is 2. The third-order valence-corrected chi connectivity index (χ3v) is 3.91. The van der Waals surface area contributed by atoms with Gasteiger partial charge in [0.2, 0.25) is 5.91 Å². The normalized spacial score (nSPS) is 15.0. The summed E-state index contributed by atoms with van der Waals surface area (Å²) in [5.74, 6) is -0.475. The van der Waals surface area contributed by atoms with Gasteiger partial charge in [-0.05, 0) is 43.6 Å². The molecule has 1 heterocycles. The van der Waals surface area contributed by atoms with E-state index in [0.29, 0.717) is 12.1 Å². The maximum atomic E-state index is 12.3. The Labute approximate surface area is 136 Å². The molecular weight excluding hydrogens is 294 g/mol. The van der Waals surface area contributed by atoms with Gasteiger partial charge in [-0.1, -0.05) is 18.2 Å². The predicted molar refractivity (Wildman–Crippen MR) is 87.9 cm³/mol. The zero-order valence-electron chi connectivity index (χ0n) is 13.2. The van der Waals surface area contributed by atoms with Crippen LogP contribution in [-0.4, -0.2) is 42.6 Å². The molecule has 1 aromatic carbocycles. The molecule has 1 aliphatic heterocycles. The van der Waals surface area contributed by atoms with Crippen molar-refractivity contribution in [2.45, 2.75) is 25.5 Å². The average Bonchev–Trinajstić information content (AvgIpc) is 2.58. The number of nitrogens with two attached hydrogens (primary N) is 1. The molecule has 6 nitrogen and oxygen atoms in total. The molecule has 2 amide bonds. The summed E-state index contributed by atoms with van der Waals surface area (Å²) < 4.78 is 5.40. The van der Waals surface area contributed by atoms with Gasteiger partial charge in [0.05, 0.1) is 0 Å². The highest BCUT2D eigenvalue weighted by atomic mass is 16.6. The van der Waals surface area contributed by atoms with E-state index in [2.05, 4.69) is 11.9 Å². The number of piperidine rings is 1. The lowest BCUT2D eigenvalue weighted by Gasteiger charge is -2.33. The van der Waals surface area contributed by atoms with Crippen molar-refractivity contribution in [1.29, 1.82) is 0 Å². The van der Waals surface area contributed by atoms with E-state index in [-0.39, 0.29) is 18.7 Å². The Hall–Kier alpha value is -2.34. The summed E-state index contributed by atoms with van der Waals surface area (Å²) in [6.07, 6.45) is 3.20. The van der Waals surface area contributed by atoms with E-state index >= 15 is 0 Å². The molecule has 0 unspecified atom stereocenters. The second-order valence-electron chi connectivity index (χ2n) is 5.54. The van der Waals surface area contributed by atoms with Crippen LogP contribution in [0.25, 0.3) is 0 Å². The van der Waals surface area contributed by atoms with Crippen molar-refractivity contribution in [2.75, 3.05) is 19.6 Å². The number of carbonyl (C=O) groups excluding carboxylic acids is 2. The third-order valence-electron chi connectivity index (χ3n) is 3.91. The minimum absolute atomic E-state index is 0.163. The molecule has 0 aromatic heterocycles. The molecule has 0 atom stereocenters. The quantitative estimate of drug-likeness (QED) is 0.782. The van der Waals surface area contributed by atoms with Crippen molar-refractivity contribution in [1.82, 2.24) is 10.2 Å². The van der Waals surface area contributed by atoms with Crippen LogP contribution >= 0.6 is 0 Å². The van der Waals surface area contributed by atoms with Gasteiger partial charge in [-0.2, -0.15) is 0 Å². The first kappa shape index (κ1) is 17.0. The van der Waals surface area contributed by atoms with Gasteiger partial charge in [0.15, 0.2) is 0 Å². The molecule has 1 fully saturated rings. The van der Waals surface area contributed by atoms with Crippen molar-refractivity contribution in [3.8, 4) is 0 Å². The van der Waals surface area contributed by atoms with Gasteiger partial charge in [-0.3, -0.25) is 4.79 Å². The molecule has 23 heavy (non-hydrogen) atoms. The van der Waals surface area contributed by atoms with Crippen LogP contribution in [0.15, 0.2) is 36.9 Å². The molecule has 1 saturated heterocycles. The Morgan fingerprint density at radius 2 is 1.96 bits per heavy atom. The maximum Gasteiger partial charge on any atom is 0.410 e. The minimum atomic E-state index is -0.475. The highest BCUT2D eigenvalue weighted by Crippen LogP contribution is 2.14. The van der Waals surface area contributed by atoms with E-state index in [9.17, 15) is 9.59 Å². The van der Waals surface area contributed by atoms with Gasteiger partial charge in [0.25, 0.3) is 0 Å². The SMILES string of the molecule is C=CCN(C(=O)OCc1ccc(C(N)=O)cc1)C1CCNCC1. The summed E-state index contributed by atoms with van der Waals surface area (Å²) >= 11 is 0. The second kappa shape index (κ2) is 8.33. The number of nitrogens with one attached hydrogen (secondary N) is 1. The first-order chi connectivity index (χ1) is 11.1. The van der Waals surface area contributed by atoms with E-state index in [4.69, 9.17) is 10.5 Å². The summed E-state index contributed by atoms with van der Waals surface area (Å²) in [6, 6.07) is 6.89. The smallest absolute Gasteiger partial charge is 0.410 e. The van der Waals surface area contributed by atoms with Crippen LogP contribution < -0.4 is 11.1 Å². The van der Waals surface area contributed by atoms with E-state index in [1.807, 2.05) is 0 Å². The fourth-order valence-corrected chi connectivity index (χ4v) is 2.62. The van der Waals surface area contributed by atoms with Crippen molar-refractivity contribution in [3.63, 3.8) is 0 Å². The van der Waals surface area contributed by atoms with Gasteiger partial charge in [0.1, 0.15) is 6.61 Å². The molecule has 0 radical (unpaired) electrons. The topological polar surface area (TPSA) is 84.7 Å². The molecule has 0 bridgehead atoms. The van der Waals surface area contributed by atoms with Crippen LogP contribution in [0.1, 0.15) is 28.8 Å². The molecule has 2 rings (SSSR count). The van der Waals surface area contributed by atoms with Crippen molar-refractivity contribution < 1.29 is 14.3 Å². The Morgan fingerprint density at radius 1 is 1.30 bits per heavy atom. The monoisotopic (exact) mass is 317 g/mol. The number of nitrogens with zero attached hydrogens (tertiary/aromatic N) is 1. The zero-order chi connectivity index (χ0) is 16.7. The van der Waals surface area contributed by atoms with Gasteiger partial charge in [-0.25, -0.2) is 4.79 Å². The summed E-state index contributed by atoms with van der Waals surface area (Å²) in [7, 11) is 0. The van der Waals surface area contributed by atoms with E-state index in [0.717, 1.165) is 31.5 Å². The lowest BCUT2D eigenvalue weighted by molar-refractivity contribution is 0.0786. The van der Waals surface area contributed by atoms with E-state index in [1.165, 1.54) is 0 Å². The summed E-state index contributed by atoms with van der Waals surface area (Å²) in [5, 5.41) is 3.28. The molecule has 0 saturated carbocycles. The van der Waals surface area contributed by atoms with E-state index in [1.54, 1.807) is 35.2 Å². The lowest BCUT2D eigenvalue weighted by atomic mass is 10.1. The highest BCUT2D eigenvalue weighted by molar-refractivity contribution is 5.92. The zero-order valence-corrected chi connectivity index (χ0v) is 13.2. The number of carbonyl (C=O) groups is 2. The average molecular weight is 317 g/mol. The maximum absolute atomic E-state index is 12.3. The molecule has 1 aromatic rings. The molecule has 0 aliphatic carbocycles. The lowest BCUT2D eigenvalue weighted by Crippen LogP contribution is -2.46. The largest absolute Gasteiger partial charge is 0.445 e. The van der Waals surface area contributed by atoms with Crippen molar-refractivity contribution >= 4 is 12.0 Å². The van der Waals surface area contributed by atoms with Crippen LogP contribution in [0.3, 0.4) is 0 Å². The van der Waals surface area contributed by atoms with Gasteiger partial charge in [0, 0.05) is 18.2 Å². The van der Waals surface area contributed by atoms with Crippen molar-refractivity contribution in [2.24, 2.45) is 5.73 Å². The van der Waals surface area contributed by atoms with Crippen LogP contribution in [0.2, 0.25) is 0 Å². The first-order valence-electron chi connectivity index (χ1n) is 7.75. The Morgan fingerprint density at radius 3 is 2.52 bits per heavy atom. The molecular formula is C17H23N3O3. The standard InChI is InChI=1S/C17H23N3O3/c1-2-11-20(15-7-9-19-10-8-15)17(22)23-12-13-3-5-14(6-4-13)16(18)21/h2-6,15,19H,1,7-12H2,(H2,18,21). The molecule has 3 N–H and O–H groups in total. The number of rotatable bonds is 6. The van der Waals surface area contributed by atoms with Crippen LogP contribution in [0, 0.1) is 0 Å². The fraction of sp³-hybridized carbons (Fsp3) is 0.412. The molecule has 0 spiro atoms. The second-order valence-corrected chi connectivity index (χ2v) is 5.54. The first-order valence-corrected chi connectivity index (χ1v) is 7.75. The minimum Gasteiger partial charge on any atom is -0.445 e. The Balaban J connectivity index is 1.92. The number of ether oxygens (including phenoxy) is 1. The Kier molecular flexibility index (Phi) is 6.17. The number of benzene rings is 1.